The van der Waals surface area contributed by atoms with Gasteiger partial charge in [-0.2, -0.15) is 0 Å². The Morgan fingerprint density at radius 2 is 1.81 bits per heavy atom. The third-order valence-electron chi connectivity index (χ3n) is 3.56. The van der Waals surface area contributed by atoms with Gasteiger partial charge in [0, 0.05) is 12.1 Å². The molecule has 2 saturated heterocycles. The molecule has 1 unspecified atom stereocenters. The maximum atomic E-state index is 6.09. The van der Waals surface area contributed by atoms with Gasteiger partial charge < -0.3 is 10.1 Å². The number of halogens is 1. The smallest absolute Gasteiger partial charge is 0.138 e. The van der Waals surface area contributed by atoms with Gasteiger partial charge in [-0.1, -0.05) is 23.7 Å². The van der Waals surface area contributed by atoms with Crippen LogP contribution in [0.4, 0.5) is 0 Å². The van der Waals surface area contributed by atoms with E-state index in [1.165, 1.54) is 12.8 Å². The van der Waals surface area contributed by atoms with Crippen molar-refractivity contribution in [2.45, 2.75) is 43.9 Å². The summed E-state index contributed by atoms with van der Waals surface area (Å²) >= 11 is 6.09. The van der Waals surface area contributed by atoms with Crippen LogP contribution in [0.25, 0.3) is 0 Å². The topological polar surface area (TPSA) is 21.3 Å². The molecule has 2 nitrogen and oxygen atoms in total. The first-order valence-corrected chi connectivity index (χ1v) is 6.36. The van der Waals surface area contributed by atoms with E-state index in [2.05, 4.69) is 5.32 Å². The van der Waals surface area contributed by atoms with Crippen molar-refractivity contribution >= 4 is 11.6 Å². The van der Waals surface area contributed by atoms with Gasteiger partial charge in [0.05, 0.1) is 5.02 Å². The molecule has 1 aromatic carbocycles. The summed E-state index contributed by atoms with van der Waals surface area (Å²) < 4.78 is 5.99. The summed E-state index contributed by atoms with van der Waals surface area (Å²) in [6.07, 6.45) is 5.16. The zero-order valence-electron chi connectivity index (χ0n) is 9.16. The predicted octanol–water partition coefficient (Wildman–Crippen LogP) is 3.00. The van der Waals surface area contributed by atoms with E-state index < -0.39 is 0 Å². The number of piperidine rings is 1. The SMILES string of the molecule is Clc1ccccc1OC1C[C@H]2CC[C@@H](C1)N2. The van der Waals surface area contributed by atoms with Gasteiger partial charge in [-0.15, -0.1) is 0 Å². The second-order valence-electron chi connectivity index (χ2n) is 4.78. The monoisotopic (exact) mass is 237 g/mol. The highest BCUT2D eigenvalue weighted by molar-refractivity contribution is 6.32. The number of hydrogen-bond donors (Lipinski definition) is 1. The summed E-state index contributed by atoms with van der Waals surface area (Å²) in [4.78, 5) is 0. The van der Waals surface area contributed by atoms with Gasteiger partial charge in [-0.25, -0.2) is 0 Å². The van der Waals surface area contributed by atoms with Crippen molar-refractivity contribution < 1.29 is 4.74 Å². The number of benzene rings is 1. The fourth-order valence-corrected chi connectivity index (χ4v) is 3.00. The number of nitrogens with one attached hydrogen (secondary N) is 1. The van der Waals surface area contributed by atoms with Gasteiger partial charge in [-0.3, -0.25) is 0 Å². The molecule has 3 heteroatoms. The molecule has 2 aliphatic rings. The standard InChI is InChI=1S/C13H16ClNO/c14-12-3-1-2-4-13(12)16-11-7-9-5-6-10(8-11)15-9/h1-4,9-11,15H,5-8H2/t9-,10+,11?. The summed E-state index contributed by atoms with van der Waals surface area (Å²) in [7, 11) is 0. The lowest BCUT2D eigenvalue weighted by molar-refractivity contribution is 0.137. The van der Waals surface area contributed by atoms with Crippen LogP contribution in [0.1, 0.15) is 25.7 Å². The summed E-state index contributed by atoms with van der Waals surface area (Å²) in [5.41, 5.74) is 0. The summed E-state index contributed by atoms with van der Waals surface area (Å²) in [5.74, 6) is 0.829. The molecule has 1 N–H and O–H groups in total. The Hall–Kier alpha value is -0.730. The van der Waals surface area contributed by atoms with Crippen molar-refractivity contribution in [2.75, 3.05) is 0 Å². The highest BCUT2D eigenvalue weighted by atomic mass is 35.5. The minimum atomic E-state index is 0.332. The molecule has 0 aliphatic carbocycles. The Balaban J connectivity index is 1.69. The number of rotatable bonds is 2. The van der Waals surface area contributed by atoms with E-state index in [0.29, 0.717) is 23.2 Å². The molecule has 2 aliphatic heterocycles. The number of ether oxygens (including phenoxy) is 1. The predicted molar refractivity (Wildman–Crippen MR) is 65.0 cm³/mol. The van der Waals surface area contributed by atoms with E-state index in [4.69, 9.17) is 16.3 Å². The first-order valence-electron chi connectivity index (χ1n) is 5.98. The highest BCUT2D eigenvalue weighted by Crippen LogP contribution is 2.32. The van der Waals surface area contributed by atoms with Crippen LogP contribution in [0.3, 0.4) is 0 Å². The first-order chi connectivity index (χ1) is 7.81. The Bertz CT molecular complexity index is 370. The fourth-order valence-electron chi connectivity index (χ4n) is 2.82. The van der Waals surface area contributed by atoms with E-state index in [9.17, 15) is 0 Å². The summed E-state index contributed by atoms with van der Waals surface area (Å²) in [6.45, 7) is 0. The molecule has 16 heavy (non-hydrogen) atoms. The van der Waals surface area contributed by atoms with Crippen molar-refractivity contribution in [3.05, 3.63) is 29.3 Å². The third-order valence-corrected chi connectivity index (χ3v) is 3.87. The minimum Gasteiger partial charge on any atom is -0.489 e. The molecular weight excluding hydrogens is 222 g/mol. The van der Waals surface area contributed by atoms with E-state index >= 15 is 0 Å². The lowest BCUT2D eigenvalue weighted by Gasteiger charge is -2.29. The van der Waals surface area contributed by atoms with E-state index in [1.807, 2.05) is 24.3 Å². The molecule has 0 amide bonds. The average molecular weight is 238 g/mol. The Kier molecular flexibility index (Phi) is 2.78. The molecule has 3 rings (SSSR count). The molecule has 1 aromatic rings. The molecule has 0 aromatic heterocycles. The van der Waals surface area contributed by atoms with Gasteiger partial charge in [0.25, 0.3) is 0 Å². The Labute approximate surface area is 101 Å². The van der Waals surface area contributed by atoms with E-state index in [0.717, 1.165) is 18.6 Å². The molecule has 2 fully saturated rings. The van der Waals surface area contributed by atoms with Crippen LogP contribution in [0.15, 0.2) is 24.3 Å². The van der Waals surface area contributed by atoms with Crippen molar-refractivity contribution in [3.8, 4) is 5.75 Å². The lowest BCUT2D eigenvalue weighted by atomic mass is 10.0. The van der Waals surface area contributed by atoms with Crippen LogP contribution in [-0.2, 0) is 0 Å². The molecule has 86 valence electrons. The first kappa shape index (κ1) is 10.4. The van der Waals surface area contributed by atoms with Crippen molar-refractivity contribution in [2.24, 2.45) is 0 Å². The van der Waals surface area contributed by atoms with E-state index in [-0.39, 0.29) is 0 Å². The van der Waals surface area contributed by atoms with Gasteiger partial charge in [0.15, 0.2) is 0 Å². The van der Waals surface area contributed by atoms with Crippen LogP contribution in [0.2, 0.25) is 5.02 Å². The molecule has 2 bridgehead atoms. The van der Waals surface area contributed by atoms with Gasteiger partial charge in [0.2, 0.25) is 0 Å². The van der Waals surface area contributed by atoms with Crippen LogP contribution in [0, 0.1) is 0 Å². The number of para-hydroxylation sites is 1. The van der Waals surface area contributed by atoms with Crippen LogP contribution >= 0.6 is 11.6 Å². The minimum absolute atomic E-state index is 0.332. The van der Waals surface area contributed by atoms with Gasteiger partial charge in [-0.05, 0) is 37.8 Å². The van der Waals surface area contributed by atoms with Gasteiger partial charge in [0.1, 0.15) is 11.9 Å². The zero-order chi connectivity index (χ0) is 11.0. The maximum Gasteiger partial charge on any atom is 0.138 e. The average Bonchev–Trinajstić information content (AvgIpc) is 2.62. The molecule has 2 heterocycles. The van der Waals surface area contributed by atoms with Crippen molar-refractivity contribution in [1.82, 2.24) is 5.32 Å². The quantitative estimate of drug-likeness (QED) is 0.854. The van der Waals surface area contributed by atoms with E-state index in [1.54, 1.807) is 0 Å². The number of hydrogen-bond acceptors (Lipinski definition) is 2. The molecule has 0 saturated carbocycles. The summed E-state index contributed by atoms with van der Waals surface area (Å²) in [5, 5.41) is 4.32. The molecule has 0 spiro atoms. The Morgan fingerprint density at radius 1 is 1.12 bits per heavy atom. The highest BCUT2D eigenvalue weighted by Gasteiger charge is 2.34. The van der Waals surface area contributed by atoms with Crippen LogP contribution in [0.5, 0.6) is 5.75 Å². The van der Waals surface area contributed by atoms with Crippen molar-refractivity contribution in [3.63, 3.8) is 0 Å². The molecule has 3 atom stereocenters. The van der Waals surface area contributed by atoms with Crippen LogP contribution < -0.4 is 10.1 Å². The molecule has 0 radical (unpaired) electrons. The zero-order valence-corrected chi connectivity index (χ0v) is 9.91. The number of fused-ring (bicyclic) bond motifs is 2. The fraction of sp³-hybridized carbons (Fsp3) is 0.538. The second-order valence-corrected chi connectivity index (χ2v) is 5.19. The largest absolute Gasteiger partial charge is 0.489 e. The maximum absolute atomic E-state index is 6.09. The molecular formula is C13H16ClNO. The Morgan fingerprint density at radius 3 is 2.50 bits per heavy atom. The normalized spacial score (nSPS) is 32.7. The van der Waals surface area contributed by atoms with Gasteiger partial charge >= 0.3 is 0 Å². The van der Waals surface area contributed by atoms with Crippen molar-refractivity contribution in [1.29, 1.82) is 0 Å². The lowest BCUT2D eigenvalue weighted by Crippen LogP contribution is -2.42. The third kappa shape index (κ3) is 2.04. The summed E-state index contributed by atoms with van der Waals surface area (Å²) in [6, 6.07) is 9.05. The van der Waals surface area contributed by atoms with Crippen LogP contribution in [-0.4, -0.2) is 18.2 Å². The second kappa shape index (κ2) is 4.27.